The summed E-state index contributed by atoms with van der Waals surface area (Å²) in [5.74, 6) is 0.490. The molecule has 5 heteroatoms. The number of para-hydroxylation sites is 1. The summed E-state index contributed by atoms with van der Waals surface area (Å²) in [5, 5.41) is 0.715. The van der Waals surface area contributed by atoms with E-state index in [9.17, 15) is 0 Å². The number of nitrogens with zero attached hydrogens (tertiary/aromatic N) is 2. The fourth-order valence-corrected chi connectivity index (χ4v) is 3.29. The van der Waals surface area contributed by atoms with Crippen molar-refractivity contribution >= 4 is 51.2 Å². The van der Waals surface area contributed by atoms with Gasteiger partial charge < -0.3 is 5.73 Å². The first kappa shape index (κ1) is 12.7. The lowest BCUT2D eigenvalue weighted by molar-refractivity contribution is 1.10. The normalized spacial score (nSPS) is 11.1. The molecule has 3 rings (SSSR count). The third-order valence-electron chi connectivity index (χ3n) is 3.06. The van der Waals surface area contributed by atoms with Crippen LogP contribution in [0, 0.1) is 10.5 Å². The predicted molar refractivity (Wildman–Crippen MR) is 87.9 cm³/mol. The van der Waals surface area contributed by atoms with Crippen LogP contribution in [0.1, 0.15) is 5.56 Å². The summed E-state index contributed by atoms with van der Waals surface area (Å²) in [6.45, 7) is 2.03. The highest BCUT2D eigenvalue weighted by atomic mass is 127. The molecule has 0 saturated heterocycles. The van der Waals surface area contributed by atoms with E-state index in [0.29, 0.717) is 11.0 Å². The summed E-state index contributed by atoms with van der Waals surface area (Å²) >= 11 is 8.26. The highest BCUT2D eigenvalue weighted by molar-refractivity contribution is 14.1. The Morgan fingerprint density at radius 2 is 2.05 bits per heavy atom. The zero-order valence-electron chi connectivity index (χ0n) is 10.2. The number of imidazole rings is 1. The Morgan fingerprint density at radius 3 is 2.79 bits per heavy atom. The number of nitrogens with two attached hydrogens (primary N) is 1. The van der Waals surface area contributed by atoms with Gasteiger partial charge in [0.2, 0.25) is 5.95 Å². The molecule has 0 spiro atoms. The van der Waals surface area contributed by atoms with Crippen molar-refractivity contribution in [2.45, 2.75) is 6.92 Å². The van der Waals surface area contributed by atoms with Crippen molar-refractivity contribution in [2.24, 2.45) is 0 Å². The first-order valence-electron chi connectivity index (χ1n) is 5.77. The smallest absolute Gasteiger partial charge is 0.205 e. The number of fused-ring (bicyclic) bond motifs is 1. The van der Waals surface area contributed by atoms with Gasteiger partial charge in [-0.2, -0.15) is 0 Å². The van der Waals surface area contributed by atoms with E-state index in [0.717, 1.165) is 25.9 Å². The van der Waals surface area contributed by atoms with E-state index in [1.165, 1.54) is 0 Å². The van der Waals surface area contributed by atoms with Crippen molar-refractivity contribution in [3.05, 3.63) is 50.6 Å². The highest BCUT2D eigenvalue weighted by Crippen LogP contribution is 2.29. The maximum Gasteiger partial charge on any atom is 0.205 e. The second-order valence-corrected chi connectivity index (χ2v) is 5.94. The van der Waals surface area contributed by atoms with Crippen molar-refractivity contribution in [1.29, 1.82) is 0 Å². The van der Waals surface area contributed by atoms with Gasteiger partial charge in [-0.1, -0.05) is 23.7 Å². The van der Waals surface area contributed by atoms with E-state index in [-0.39, 0.29) is 0 Å². The Balaban J connectivity index is 2.36. The standard InChI is InChI=1S/C14H11ClIN3/c1-8-3-2-4-12-13(8)18-14(17)19(12)11-6-5-9(15)7-10(11)16/h2-7H,1H3,(H2,17,18). The van der Waals surface area contributed by atoms with Crippen molar-refractivity contribution in [3.8, 4) is 5.69 Å². The van der Waals surface area contributed by atoms with Gasteiger partial charge in [0.25, 0.3) is 0 Å². The summed E-state index contributed by atoms with van der Waals surface area (Å²) in [6, 6.07) is 11.8. The Morgan fingerprint density at radius 1 is 1.26 bits per heavy atom. The molecule has 0 fully saturated rings. The number of benzene rings is 2. The summed E-state index contributed by atoms with van der Waals surface area (Å²) in [6.07, 6.45) is 0. The third kappa shape index (κ3) is 2.08. The van der Waals surface area contributed by atoms with Crippen molar-refractivity contribution in [1.82, 2.24) is 9.55 Å². The molecular weight excluding hydrogens is 373 g/mol. The number of aryl methyl sites for hydroxylation is 1. The summed E-state index contributed by atoms with van der Waals surface area (Å²) in [4.78, 5) is 4.46. The fraction of sp³-hybridized carbons (Fsp3) is 0.0714. The fourth-order valence-electron chi connectivity index (χ4n) is 2.17. The lowest BCUT2D eigenvalue weighted by Crippen LogP contribution is -2.02. The molecule has 96 valence electrons. The van der Waals surface area contributed by atoms with E-state index in [1.54, 1.807) is 0 Å². The van der Waals surface area contributed by atoms with Gasteiger partial charge in [0, 0.05) is 8.59 Å². The van der Waals surface area contributed by atoms with Crippen LogP contribution in [0.4, 0.5) is 5.95 Å². The molecule has 0 atom stereocenters. The molecule has 3 nitrogen and oxygen atoms in total. The molecule has 0 bridgehead atoms. The molecule has 0 saturated carbocycles. The Bertz CT molecular complexity index is 780. The average Bonchev–Trinajstić information content (AvgIpc) is 2.68. The molecule has 1 aromatic heterocycles. The van der Waals surface area contributed by atoms with E-state index in [2.05, 4.69) is 27.6 Å². The summed E-state index contributed by atoms with van der Waals surface area (Å²) in [7, 11) is 0. The quantitative estimate of drug-likeness (QED) is 0.641. The van der Waals surface area contributed by atoms with Gasteiger partial charge in [-0.15, -0.1) is 0 Å². The molecule has 0 aliphatic heterocycles. The van der Waals surface area contributed by atoms with Crippen LogP contribution in [0.5, 0.6) is 0 Å². The van der Waals surface area contributed by atoms with Gasteiger partial charge in [-0.05, 0) is 59.3 Å². The zero-order chi connectivity index (χ0) is 13.6. The van der Waals surface area contributed by atoms with Gasteiger partial charge >= 0.3 is 0 Å². The minimum absolute atomic E-state index is 0.490. The topological polar surface area (TPSA) is 43.8 Å². The van der Waals surface area contributed by atoms with E-state index in [4.69, 9.17) is 17.3 Å². The van der Waals surface area contributed by atoms with Crippen LogP contribution in [0.3, 0.4) is 0 Å². The van der Waals surface area contributed by atoms with Crippen LogP contribution in [0.15, 0.2) is 36.4 Å². The van der Waals surface area contributed by atoms with Crippen LogP contribution in [-0.4, -0.2) is 9.55 Å². The Hall–Kier alpha value is -1.27. The molecular formula is C14H11ClIN3. The van der Waals surface area contributed by atoms with Crippen LogP contribution < -0.4 is 5.73 Å². The first-order valence-corrected chi connectivity index (χ1v) is 7.22. The van der Waals surface area contributed by atoms with E-state index in [1.807, 2.05) is 47.9 Å². The van der Waals surface area contributed by atoms with Gasteiger partial charge in [0.15, 0.2) is 0 Å². The third-order valence-corrected chi connectivity index (χ3v) is 4.16. The molecule has 0 aliphatic carbocycles. The second-order valence-electron chi connectivity index (χ2n) is 4.34. The molecule has 0 radical (unpaired) electrons. The molecule has 1 heterocycles. The number of halogens is 2. The minimum atomic E-state index is 0.490. The number of aromatic nitrogens is 2. The molecule has 2 N–H and O–H groups in total. The van der Waals surface area contributed by atoms with Gasteiger partial charge in [-0.25, -0.2) is 4.98 Å². The molecule has 3 aromatic rings. The SMILES string of the molecule is Cc1cccc2c1nc(N)n2-c1ccc(Cl)cc1I. The molecule has 0 amide bonds. The molecule has 0 unspecified atom stereocenters. The Kier molecular flexibility index (Phi) is 3.14. The number of hydrogen-bond donors (Lipinski definition) is 1. The van der Waals surface area contributed by atoms with E-state index >= 15 is 0 Å². The van der Waals surface area contributed by atoms with Crippen molar-refractivity contribution < 1.29 is 0 Å². The van der Waals surface area contributed by atoms with Gasteiger partial charge in [0.1, 0.15) is 0 Å². The highest BCUT2D eigenvalue weighted by Gasteiger charge is 2.13. The lowest BCUT2D eigenvalue weighted by Gasteiger charge is -2.09. The zero-order valence-corrected chi connectivity index (χ0v) is 13.1. The summed E-state index contributed by atoms with van der Waals surface area (Å²) in [5.41, 5.74) is 10.1. The number of nitrogen functional groups attached to an aromatic ring is 1. The molecule has 0 aliphatic rings. The second kappa shape index (κ2) is 4.68. The first-order chi connectivity index (χ1) is 9.08. The molecule has 19 heavy (non-hydrogen) atoms. The maximum absolute atomic E-state index is 6.08. The molecule has 2 aromatic carbocycles. The van der Waals surface area contributed by atoms with Crippen molar-refractivity contribution in [2.75, 3.05) is 5.73 Å². The van der Waals surface area contributed by atoms with Crippen LogP contribution in [0.25, 0.3) is 16.7 Å². The van der Waals surface area contributed by atoms with Crippen LogP contribution in [0.2, 0.25) is 5.02 Å². The van der Waals surface area contributed by atoms with Crippen LogP contribution in [-0.2, 0) is 0 Å². The van der Waals surface area contributed by atoms with Crippen molar-refractivity contribution in [3.63, 3.8) is 0 Å². The predicted octanol–water partition coefficient (Wildman–Crippen LogP) is 4.17. The monoisotopic (exact) mass is 383 g/mol. The average molecular weight is 384 g/mol. The number of hydrogen-bond acceptors (Lipinski definition) is 2. The van der Waals surface area contributed by atoms with Crippen LogP contribution >= 0.6 is 34.2 Å². The van der Waals surface area contributed by atoms with E-state index < -0.39 is 0 Å². The minimum Gasteiger partial charge on any atom is -0.369 e. The van der Waals surface area contributed by atoms with Gasteiger partial charge in [-0.3, -0.25) is 4.57 Å². The lowest BCUT2D eigenvalue weighted by atomic mass is 10.2. The number of rotatable bonds is 1. The van der Waals surface area contributed by atoms with Gasteiger partial charge in [0.05, 0.1) is 16.7 Å². The Labute approximate surface area is 129 Å². The largest absolute Gasteiger partial charge is 0.369 e. The maximum atomic E-state index is 6.08. The summed E-state index contributed by atoms with van der Waals surface area (Å²) < 4.78 is 3.00. The number of anilines is 1.